The molecule has 1 heterocycles. The molecule has 1 saturated carbocycles. The summed E-state index contributed by atoms with van der Waals surface area (Å²) < 4.78 is 5.81. The fourth-order valence-corrected chi connectivity index (χ4v) is 1.73. The van der Waals surface area contributed by atoms with E-state index in [1.165, 1.54) is 12.8 Å². The molecule has 1 fully saturated rings. The van der Waals surface area contributed by atoms with E-state index < -0.39 is 0 Å². The number of aliphatic hydroxyl groups excluding tert-OH is 1. The van der Waals surface area contributed by atoms with Gasteiger partial charge in [0.25, 0.3) is 0 Å². The summed E-state index contributed by atoms with van der Waals surface area (Å²) in [6.07, 6.45) is 4.60. The van der Waals surface area contributed by atoms with Crippen molar-refractivity contribution in [3.05, 3.63) is 22.6 Å². The lowest BCUT2D eigenvalue weighted by molar-refractivity contribution is 0.151. The molecule has 0 spiro atoms. The summed E-state index contributed by atoms with van der Waals surface area (Å²) in [5, 5.41) is 9.59. The summed E-state index contributed by atoms with van der Waals surface area (Å²) in [5.74, 6) is 0.540. The maximum absolute atomic E-state index is 9.59. The fraction of sp³-hybridized carbons (Fsp3) is 0.556. The van der Waals surface area contributed by atoms with Crippen LogP contribution in [-0.2, 0) is 6.42 Å². The molecule has 0 aliphatic heterocycles. The van der Waals surface area contributed by atoms with Gasteiger partial charge in [-0.1, -0.05) is 0 Å². The third-order valence-corrected chi connectivity index (χ3v) is 2.65. The van der Waals surface area contributed by atoms with Gasteiger partial charge >= 0.3 is 0 Å². The summed E-state index contributed by atoms with van der Waals surface area (Å²) in [6, 6.07) is 1.91. The van der Waals surface area contributed by atoms with Gasteiger partial charge in [-0.2, -0.15) is 0 Å². The Kier molecular flexibility index (Phi) is 2.24. The van der Waals surface area contributed by atoms with E-state index >= 15 is 0 Å². The molecule has 1 aliphatic rings. The first kappa shape index (κ1) is 8.32. The van der Waals surface area contributed by atoms with Gasteiger partial charge in [-0.3, -0.25) is 0 Å². The molecule has 2 nitrogen and oxygen atoms in total. The molecule has 0 aromatic carbocycles. The Morgan fingerprint density at radius 3 is 2.92 bits per heavy atom. The average Bonchev–Trinajstić information content (AvgIpc) is 2.78. The summed E-state index contributed by atoms with van der Waals surface area (Å²) in [7, 11) is 0. The molecule has 12 heavy (non-hydrogen) atoms. The van der Waals surface area contributed by atoms with Crippen molar-refractivity contribution in [2.24, 2.45) is 5.92 Å². The Bertz CT molecular complexity index is 265. The number of hydrogen-bond donors (Lipinski definition) is 1. The van der Waals surface area contributed by atoms with Crippen molar-refractivity contribution < 1.29 is 9.52 Å². The Labute approximate surface area is 79.7 Å². The highest BCUT2D eigenvalue weighted by Gasteiger charge is 2.29. The molecule has 0 saturated heterocycles. The third kappa shape index (κ3) is 1.90. The SMILES string of the molecule is OC(Cc1coc(Br)c1)C1CC1. The van der Waals surface area contributed by atoms with E-state index in [4.69, 9.17) is 4.42 Å². The van der Waals surface area contributed by atoms with E-state index in [-0.39, 0.29) is 6.10 Å². The molecule has 1 aliphatic carbocycles. The van der Waals surface area contributed by atoms with Gasteiger partial charge in [0.05, 0.1) is 12.4 Å². The first-order valence-corrected chi connectivity index (χ1v) is 4.96. The van der Waals surface area contributed by atoms with Crippen LogP contribution in [0.1, 0.15) is 18.4 Å². The van der Waals surface area contributed by atoms with Crippen LogP contribution >= 0.6 is 15.9 Å². The Hall–Kier alpha value is -0.280. The van der Waals surface area contributed by atoms with Gasteiger partial charge in [0, 0.05) is 6.42 Å². The molecule has 1 aromatic rings. The molecule has 0 radical (unpaired) electrons. The van der Waals surface area contributed by atoms with Crippen molar-refractivity contribution in [2.45, 2.75) is 25.4 Å². The molecular weight excluding hydrogens is 220 g/mol. The minimum Gasteiger partial charge on any atom is -0.457 e. The van der Waals surface area contributed by atoms with Gasteiger partial charge < -0.3 is 9.52 Å². The van der Waals surface area contributed by atoms with Crippen LogP contribution in [0.5, 0.6) is 0 Å². The Balaban J connectivity index is 1.93. The first-order chi connectivity index (χ1) is 5.75. The van der Waals surface area contributed by atoms with Crippen molar-refractivity contribution in [1.82, 2.24) is 0 Å². The number of halogens is 1. The molecule has 0 amide bonds. The Morgan fingerprint density at radius 1 is 1.67 bits per heavy atom. The molecule has 1 aromatic heterocycles. The van der Waals surface area contributed by atoms with Gasteiger partial charge in [-0.25, -0.2) is 0 Å². The quantitative estimate of drug-likeness (QED) is 0.866. The molecule has 1 atom stereocenters. The second kappa shape index (κ2) is 3.23. The van der Waals surface area contributed by atoms with Crippen LogP contribution in [0.3, 0.4) is 0 Å². The minimum absolute atomic E-state index is 0.172. The zero-order valence-corrected chi connectivity index (χ0v) is 8.25. The van der Waals surface area contributed by atoms with Crippen LogP contribution in [0.15, 0.2) is 21.4 Å². The lowest BCUT2D eigenvalue weighted by atomic mass is 10.1. The van der Waals surface area contributed by atoms with Crippen molar-refractivity contribution in [3.63, 3.8) is 0 Å². The summed E-state index contributed by atoms with van der Waals surface area (Å²) in [4.78, 5) is 0. The number of furan rings is 1. The summed E-state index contributed by atoms with van der Waals surface area (Å²) in [5.41, 5.74) is 1.07. The highest BCUT2D eigenvalue weighted by Crippen LogP contribution is 2.34. The predicted octanol–water partition coefficient (Wildman–Crippen LogP) is 2.36. The summed E-state index contributed by atoms with van der Waals surface area (Å²) >= 11 is 3.23. The van der Waals surface area contributed by atoms with Crippen LogP contribution < -0.4 is 0 Å². The normalized spacial score (nSPS) is 19.5. The van der Waals surface area contributed by atoms with Gasteiger partial charge in [0.2, 0.25) is 0 Å². The smallest absolute Gasteiger partial charge is 0.169 e. The van der Waals surface area contributed by atoms with E-state index in [0.29, 0.717) is 5.92 Å². The highest BCUT2D eigenvalue weighted by molar-refractivity contribution is 9.10. The standard InChI is InChI=1S/C9H11BrO2/c10-9-4-6(5-12-9)3-8(11)7-1-2-7/h4-5,7-8,11H,1-3H2. The third-order valence-electron chi connectivity index (χ3n) is 2.23. The maximum Gasteiger partial charge on any atom is 0.169 e. The van der Waals surface area contributed by atoms with Crippen LogP contribution in [0, 0.1) is 5.92 Å². The second-order valence-electron chi connectivity index (χ2n) is 3.37. The van der Waals surface area contributed by atoms with E-state index in [2.05, 4.69) is 15.9 Å². The van der Waals surface area contributed by atoms with E-state index in [1.807, 2.05) is 6.07 Å². The Morgan fingerprint density at radius 2 is 2.42 bits per heavy atom. The number of aliphatic hydroxyl groups is 1. The van der Waals surface area contributed by atoms with Crippen LogP contribution in [0.4, 0.5) is 0 Å². The first-order valence-electron chi connectivity index (χ1n) is 4.16. The summed E-state index contributed by atoms with van der Waals surface area (Å²) in [6.45, 7) is 0. The van der Waals surface area contributed by atoms with Gasteiger partial charge in [0.15, 0.2) is 4.67 Å². The number of hydrogen-bond acceptors (Lipinski definition) is 2. The van der Waals surface area contributed by atoms with Gasteiger partial charge in [0.1, 0.15) is 0 Å². The van der Waals surface area contributed by atoms with E-state index in [1.54, 1.807) is 6.26 Å². The van der Waals surface area contributed by atoms with E-state index in [9.17, 15) is 5.11 Å². The molecule has 3 heteroatoms. The van der Waals surface area contributed by atoms with Gasteiger partial charge in [-0.15, -0.1) is 0 Å². The largest absolute Gasteiger partial charge is 0.457 e. The van der Waals surface area contributed by atoms with Gasteiger partial charge in [-0.05, 0) is 46.3 Å². The van der Waals surface area contributed by atoms with E-state index in [0.717, 1.165) is 16.7 Å². The van der Waals surface area contributed by atoms with Crippen molar-refractivity contribution in [2.75, 3.05) is 0 Å². The zero-order valence-electron chi connectivity index (χ0n) is 6.66. The second-order valence-corrected chi connectivity index (χ2v) is 4.15. The average molecular weight is 231 g/mol. The van der Waals surface area contributed by atoms with Crippen LogP contribution in [0.2, 0.25) is 0 Å². The van der Waals surface area contributed by atoms with Crippen LogP contribution in [-0.4, -0.2) is 11.2 Å². The molecule has 2 rings (SSSR count). The highest BCUT2D eigenvalue weighted by atomic mass is 79.9. The molecular formula is C9H11BrO2. The number of rotatable bonds is 3. The lowest BCUT2D eigenvalue weighted by Gasteiger charge is -2.05. The molecule has 0 bridgehead atoms. The monoisotopic (exact) mass is 230 g/mol. The molecule has 1 unspecified atom stereocenters. The van der Waals surface area contributed by atoms with Crippen molar-refractivity contribution >= 4 is 15.9 Å². The van der Waals surface area contributed by atoms with Crippen LogP contribution in [0.25, 0.3) is 0 Å². The minimum atomic E-state index is -0.172. The zero-order chi connectivity index (χ0) is 8.55. The van der Waals surface area contributed by atoms with Crippen molar-refractivity contribution in [3.8, 4) is 0 Å². The lowest BCUT2D eigenvalue weighted by Crippen LogP contribution is -2.11. The maximum atomic E-state index is 9.59. The topological polar surface area (TPSA) is 33.4 Å². The predicted molar refractivity (Wildman–Crippen MR) is 48.8 cm³/mol. The molecule has 1 N–H and O–H groups in total. The fourth-order valence-electron chi connectivity index (χ4n) is 1.34. The molecule has 66 valence electrons. The van der Waals surface area contributed by atoms with Crippen molar-refractivity contribution in [1.29, 1.82) is 0 Å².